The Bertz CT molecular complexity index is 1130. The van der Waals surface area contributed by atoms with Crippen LogP contribution in [0.1, 0.15) is 22.8 Å². The van der Waals surface area contributed by atoms with Crippen molar-refractivity contribution in [2.45, 2.75) is 13.5 Å². The minimum Gasteiger partial charge on any atom is -0.345 e. The quantitative estimate of drug-likeness (QED) is 0.529. The Balaban J connectivity index is 1.81. The Labute approximate surface area is 152 Å². The molecule has 0 unspecified atom stereocenters. The van der Waals surface area contributed by atoms with E-state index < -0.39 is 23.0 Å². The van der Waals surface area contributed by atoms with Gasteiger partial charge in [0.1, 0.15) is 29.4 Å². The van der Waals surface area contributed by atoms with Crippen LogP contribution in [-0.2, 0) is 6.54 Å². The van der Waals surface area contributed by atoms with Crippen LogP contribution in [0, 0.1) is 17.7 Å². The van der Waals surface area contributed by atoms with Gasteiger partial charge in [-0.25, -0.2) is 18.7 Å². The normalized spacial score (nSPS) is 11.1. The number of benzene rings is 1. The number of ketones is 1. The summed E-state index contributed by atoms with van der Waals surface area (Å²) in [5.74, 6) is -2.51. The van der Waals surface area contributed by atoms with Crippen LogP contribution in [-0.4, -0.2) is 30.5 Å². The Morgan fingerprint density at radius 1 is 1.37 bits per heavy atom. The van der Waals surface area contributed by atoms with Gasteiger partial charge in [0.2, 0.25) is 5.78 Å². The van der Waals surface area contributed by atoms with Gasteiger partial charge < -0.3 is 10.3 Å². The molecule has 135 valence electrons. The molecule has 7 nitrogen and oxygen atoms in total. The third-order valence-electron chi connectivity index (χ3n) is 4.06. The first-order chi connectivity index (χ1) is 13.1. The molecular formula is C18H13F2N6O. The number of fused-ring (bicyclic) bond motifs is 1. The van der Waals surface area contributed by atoms with E-state index in [4.69, 9.17) is 0 Å². The van der Waals surface area contributed by atoms with E-state index in [-0.39, 0.29) is 5.56 Å². The zero-order chi connectivity index (χ0) is 19.0. The number of aromatic amines is 1. The second kappa shape index (κ2) is 6.60. The number of hydrogen-bond acceptors (Lipinski definition) is 5. The number of anilines is 2. The van der Waals surface area contributed by atoms with Crippen molar-refractivity contribution in [2.24, 2.45) is 0 Å². The molecule has 0 spiro atoms. The lowest BCUT2D eigenvalue weighted by atomic mass is 10.0. The standard InChI is InChI=1S/C18H13F2N6O/c1-2-26-8-10(6-24-26)25-18-14-11(7-21-17(14)22-9-23-18)16(27)15-12(19)4-3-5-13(15)20/h3-4,6-9H,2H2,1H3,(H2,21,22,23,25). The van der Waals surface area contributed by atoms with E-state index in [9.17, 15) is 13.6 Å². The van der Waals surface area contributed by atoms with Crippen LogP contribution >= 0.6 is 0 Å². The zero-order valence-electron chi connectivity index (χ0n) is 14.1. The number of rotatable bonds is 5. The predicted molar refractivity (Wildman–Crippen MR) is 93.7 cm³/mol. The molecule has 0 saturated heterocycles. The second-order valence-electron chi connectivity index (χ2n) is 5.70. The molecule has 1 aromatic carbocycles. The van der Waals surface area contributed by atoms with Crippen LogP contribution in [0.15, 0.2) is 37.1 Å². The molecular weight excluding hydrogens is 354 g/mol. The molecule has 4 rings (SSSR count). The molecule has 0 aliphatic rings. The molecule has 4 aromatic rings. The highest BCUT2D eigenvalue weighted by Crippen LogP contribution is 2.28. The molecule has 0 atom stereocenters. The van der Waals surface area contributed by atoms with E-state index >= 15 is 0 Å². The average Bonchev–Trinajstić information content (AvgIpc) is 3.28. The molecule has 0 fully saturated rings. The van der Waals surface area contributed by atoms with Crippen molar-refractivity contribution < 1.29 is 13.6 Å². The number of nitrogens with zero attached hydrogens (tertiary/aromatic N) is 4. The topological polar surface area (TPSA) is 88.5 Å². The fourth-order valence-electron chi connectivity index (χ4n) is 2.77. The van der Waals surface area contributed by atoms with Gasteiger partial charge in [-0.3, -0.25) is 9.48 Å². The van der Waals surface area contributed by atoms with E-state index in [0.717, 1.165) is 12.1 Å². The summed E-state index contributed by atoms with van der Waals surface area (Å²) in [5.41, 5.74) is 0.390. The molecule has 0 bridgehead atoms. The van der Waals surface area contributed by atoms with Crippen molar-refractivity contribution in [1.29, 1.82) is 0 Å². The molecule has 0 saturated carbocycles. The number of halogens is 2. The summed E-state index contributed by atoms with van der Waals surface area (Å²) < 4.78 is 29.7. The number of carbonyl (C=O) groups excluding carboxylic acids is 1. The van der Waals surface area contributed by atoms with E-state index in [1.807, 2.05) is 6.92 Å². The highest BCUT2D eigenvalue weighted by molar-refractivity contribution is 6.18. The smallest absolute Gasteiger partial charge is 0.201 e. The highest BCUT2D eigenvalue weighted by Gasteiger charge is 2.24. The Hall–Kier alpha value is -3.62. The first kappa shape index (κ1) is 16.8. The van der Waals surface area contributed by atoms with Crippen LogP contribution < -0.4 is 5.32 Å². The molecule has 27 heavy (non-hydrogen) atoms. The summed E-state index contributed by atoms with van der Waals surface area (Å²) in [6.45, 7) is 2.64. The maximum Gasteiger partial charge on any atom is 0.201 e. The summed E-state index contributed by atoms with van der Waals surface area (Å²) in [6.07, 6.45) is 6.05. The number of aryl methyl sites for hydroxylation is 1. The Morgan fingerprint density at radius 2 is 2.22 bits per heavy atom. The lowest BCUT2D eigenvalue weighted by Gasteiger charge is -2.07. The maximum atomic E-state index is 14.0. The van der Waals surface area contributed by atoms with E-state index in [0.29, 0.717) is 29.1 Å². The van der Waals surface area contributed by atoms with Crippen molar-refractivity contribution >= 4 is 28.3 Å². The number of carbonyl (C=O) groups is 1. The van der Waals surface area contributed by atoms with Gasteiger partial charge in [0.25, 0.3) is 0 Å². The van der Waals surface area contributed by atoms with Crippen LogP contribution in [0.3, 0.4) is 0 Å². The van der Waals surface area contributed by atoms with E-state index in [1.54, 1.807) is 17.1 Å². The molecule has 9 heteroatoms. The summed E-state index contributed by atoms with van der Waals surface area (Å²) in [5, 5.41) is 7.55. The molecule has 0 aliphatic carbocycles. The molecule has 2 N–H and O–H groups in total. The summed E-state index contributed by atoms with van der Waals surface area (Å²) in [6, 6.07) is 4.27. The van der Waals surface area contributed by atoms with Crippen LogP contribution in [0.4, 0.5) is 20.3 Å². The van der Waals surface area contributed by atoms with Crippen LogP contribution in [0.5, 0.6) is 0 Å². The van der Waals surface area contributed by atoms with E-state index in [2.05, 4.69) is 31.4 Å². The van der Waals surface area contributed by atoms with Crippen molar-refractivity contribution in [3.8, 4) is 0 Å². The molecule has 1 radical (unpaired) electrons. The van der Waals surface area contributed by atoms with Crippen molar-refractivity contribution in [3.05, 3.63) is 65.9 Å². The van der Waals surface area contributed by atoms with E-state index in [1.165, 1.54) is 12.5 Å². The molecule has 0 amide bonds. The van der Waals surface area contributed by atoms with Crippen molar-refractivity contribution in [3.63, 3.8) is 0 Å². The lowest BCUT2D eigenvalue weighted by Crippen LogP contribution is -2.08. The Kier molecular flexibility index (Phi) is 4.11. The largest absolute Gasteiger partial charge is 0.345 e. The van der Waals surface area contributed by atoms with Crippen LogP contribution in [0.2, 0.25) is 0 Å². The Morgan fingerprint density at radius 3 is 2.96 bits per heavy atom. The number of H-pyrrole nitrogens is 1. The maximum absolute atomic E-state index is 14.0. The van der Waals surface area contributed by atoms with Gasteiger partial charge in [-0.05, 0) is 19.1 Å². The minimum absolute atomic E-state index is 0.0494. The van der Waals surface area contributed by atoms with Gasteiger partial charge >= 0.3 is 0 Å². The third kappa shape index (κ3) is 2.92. The van der Waals surface area contributed by atoms with Gasteiger partial charge in [-0.1, -0.05) is 0 Å². The first-order valence-corrected chi connectivity index (χ1v) is 8.10. The third-order valence-corrected chi connectivity index (χ3v) is 4.06. The van der Waals surface area contributed by atoms with Gasteiger partial charge in [0, 0.05) is 25.0 Å². The number of nitrogens with one attached hydrogen (secondary N) is 2. The van der Waals surface area contributed by atoms with Gasteiger partial charge in [-0.2, -0.15) is 5.10 Å². The minimum atomic E-state index is -1.05. The van der Waals surface area contributed by atoms with Gasteiger partial charge in [0.15, 0.2) is 0 Å². The molecule has 3 heterocycles. The fraction of sp³-hybridized carbons (Fsp3) is 0.111. The first-order valence-electron chi connectivity index (χ1n) is 8.10. The average molecular weight is 367 g/mol. The fourth-order valence-corrected chi connectivity index (χ4v) is 2.77. The summed E-state index contributed by atoms with van der Waals surface area (Å²) in [4.78, 5) is 23.9. The zero-order valence-corrected chi connectivity index (χ0v) is 14.1. The molecule has 0 aliphatic heterocycles. The monoisotopic (exact) mass is 367 g/mol. The molecule has 3 aromatic heterocycles. The van der Waals surface area contributed by atoms with Crippen molar-refractivity contribution in [2.75, 3.05) is 5.32 Å². The van der Waals surface area contributed by atoms with Gasteiger partial charge in [0.05, 0.1) is 28.4 Å². The SMILES string of the molecule is CCn1cc(Nc2ncnc3[nH]cc(C(=O)c4c(F)[c]ccc4F)c23)cn1. The number of aromatic nitrogens is 5. The second-order valence-corrected chi connectivity index (χ2v) is 5.70. The predicted octanol–water partition coefficient (Wildman–Crippen LogP) is 3.23. The van der Waals surface area contributed by atoms with Gasteiger partial charge in [-0.15, -0.1) is 0 Å². The summed E-state index contributed by atoms with van der Waals surface area (Å²) >= 11 is 0. The lowest BCUT2D eigenvalue weighted by molar-refractivity contribution is 0.103. The van der Waals surface area contributed by atoms with Crippen LogP contribution in [0.25, 0.3) is 11.0 Å². The highest BCUT2D eigenvalue weighted by atomic mass is 19.1. The van der Waals surface area contributed by atoms with Crippen molar-refractivity contribution in [1.82, 2.24) is 24.7 Å². The summed E-state index contributed by atoms with van der Waals surface area (Å²) in [7, 11) is 0. The number of hydrogen-bond donors (Lipinski definition) is 2.